The lowest BCUT2D eigenvalue weighted by molar-refractivity contribution is 0.104. The van der Waals surface area contributed by atoms with Crippen molar-refractivity contribution in [2.24, 2.45) is 0 Å². The van der Waals surface area contributed by atoms with Crippen molar-refractivity contribution in [3.05, 3.63) is 82.6 Å². The van der Waals surface area contributed by atoms with Crippen LogP contribution in [0.15, 0.2) is 72.1 Å². The molecule has 0 amide bonds. The third kappa shape index (κ3) is 3.54. The van der Waals surface area contributed by atoms with Crippen LogP contribution in [-0.2, 0) is 0 Å². The lowest BCUT2D eigenvalue weighted by Gasteiger charge is -2.07. The minimum absolute atomic E-state index is 0.108. The first-order valence-corrected chi connectivity index (χ1v) is 11.1. The Morgan fingerprint density at radius 2 is 1.55 bits per heavy atom. The highest BCUT2D eigenvalue weighted by molar-refractivity contribution is 7.21. The Hall–Kier alpha value is -3.68. The number of aromatic hydroxyl groups is 2. The van der Waals surface area contributed by atoms with Gasteiger partial charge in [-0.2, -0.15) is 0 Å². The van der Waals surface area contributed by atoms with Gasteiger partial charge in [0.2, 0.25) is 5.78 Å². The van der Waals surface area contributed by atoms with E-state index in [4.69, 9.17) is 5.73 Å². The predicted octanol–water partition coefficient (Wildman–Crippen LogP) is 5.92. The second kappa shape index (κ2) is 7.54. The van der Waals surface area contributed by atoms with E-state index in [1.807, 2.05) is 30.3 Å². The number of thiazole rings is 1. The highest BCUT2D eigenvalue weighted by atomic mass is 32.1. The molecule has 0 saturated carbocycles. The van der Waals surface area contributed by atoms with Gasteiger partial charge in [0.05, 0.1) is 4.88 Å². The van der Waals surface area contributed by atoms with Crippen LogP contribution < -0.4 is 5.73 Å². The number of thiophene rings is 1. The highest BCUT2D eigenvalue weighted by Crippen LogP contribution is 2.42. The molecule has 0 bridgehead atoms. The zero-order valence-electron chi connectivity index (χ0n) is 16.1. The maximum Gasteiger partial charge on any atom is 0.203 e. The SMILES string of the molecule is Nc1csc(-c2ccc(-c3c(C(=O)c4ccc(O)cc4)sc4cc(O)ccc34)cc2)n1. The number of nitrogen functional groups attached to an aromatic ring is 1. The minimum atomic E-state index is -0.132. The number of rotatable bonds is 4. The molecule has 7 heteroatoms. The number of ketones is 1. The maximum atomic E-state index is 13.3. The average Bonchev–Trinajstić information content (AvgIpc) is 3.37. The maximum absolute atomic E-state index is 13.3. The zero-order valence-corrected chi connectivity index (χ0v) is 17.7. The standard InChI is InChI=1S/C24H16N2O3S2/c25-20-12-30-24(26-20)15-3-1-13(2-4-15)21-18-10-9-17(28)11-19(18)31-23(21)22(29)14-5-7-16(27)8-6-14/h1-12,27-28H,25H2. The molecule has 0 saturated heterocycles. The molecule has 0 atom stereocenters. The second-order valence-corrected chi connectivity index (χ2v) is 8.93. The molecule has 0 unspecified atom stereocenters. The van der Waals surface area contributed by atoms with Crippen molar-refractivity contribution in [1.82, 2.24) is 4.98 Å². The van der Waals surface area contributed by atoms with Gasteiger partial charge in [-0.15, -0.1) is 22.7 Å². The third-order valence-corrected chi connectivity index (χ3v) is 7.01. The Balaban J connectivity index is 1.65. The van der Waals surface area contributed by atoms with Gasteiger partial charge >= 0.3 is 0 Å². The Morgan fingerprint density at radius 1 is 0.871 bits per heavy atom. The summed E-state index contributed by atoms with van der Waals surface area (Å²) in [6, 6.07) is 19.2. The van der Waals surface area contributed by atoms with E-state index in [0.29, 0.717) is 16.3 Å². The van der Waals surface area contributed by atoms with E-state index in [1.54, 1.807) is 29.6 Å². The number of carbonyl (C=O) groups excluding carboxylic acids is 1. The van der Waals surface area contributed by atoms with E-state index < -0.39 is 0 Å². The van der Waals surface area contributed by atoms with Crippen molar-refractivity contribution in [3.8, 4) is 33.2 Å². The molecule has 0 aliphatic rings. The van der Waals surface area contributed by atoms with Crippen molar-refractivity contribution in [3.63, 3.8) is 0 Å². The summed E-state index contributed by atoms with van der Waals surface area (Å²) in [7, 11) is 0. The molecule has 5 rings (SSSR count). The summed E-state index contributed by atoms with van der Waals surface area (Å²) in [5.41, 5.74) is 8.90. The molecule has 0 radical (unpaired) electrons. The number of phenolic OH excluding ortho intramolecular Hbond substituents is 2. The second-order valence-electron chi connectivity index (χ2n) is 7.02. The van der Waals surface area contributed by atoms with Crippen LogP contribution >= 0.6 is 22.7 Å². The Labute approximate surface area is 185 Å². The average molecular weight is 445 g/mol. The van der Waals surface area contributed by atoms with Gasteiger partial charge in [0.15, 0.2) is 0 Å². The van der Waals surface area contributed by atoms with Crippen LogP contribution in [0.5, 0.6) is 11.5 Å². The summed E-state index contributed by atoms with van der Waals surface area (Å²) in [6.07, 6.45) is 0. The number of hydrogen-bond acceptors (Lipinski definition) is 7. The van der Waals surface area contributed by atoms with E-state index in [1.165, 1.54) is 34.8 Å². The van der Waals surface area contributed by atoms with Gasteiger partial charge in [0, 0.05) is 32.2 Å². The van der Waals surface area contributed by atoms with Crippen molar-refractivity contribution < 1.29 is 15.0 Å². The van der Waals surface area contributed by atoms with Gasteiger partial charge in [0.1, 0.15) is 22.3 Å². The van der Waals surface area contributed by atoms with E-state index in [9.17, 15) is 15.0 Å². The molecule has 31 heavy (non-hydrogen) atoms. The number of carbonyl (C=O) groups is 1. The normalized spacial score (nSPS) is 11.1. The molecular weight excluding hydrogens is 428 g/mol. The number of benzene rings is 3. The fraction of sp³-hybridized carbons (Fsp3) is 0. The van der Waals surface area contributed by atoms with E-state index in [-0.39, 0.29) is 17.3 Å². The van der Waals surface area contributed by atoms with Crippen LogP contribution in [0.4, 0.5) is 5.82 Å². The molecule has 2 heterocycles. The smallest absolute Gasteiger partial charge is 0.203 e. The van der Waals surface area contributed by atoms with E-state index >= 15 is 0 Å². The van der Waals surface area contributed by atoms with Gasteiger partial charge in [-0.1, -0.05) is 24.3 Å². The molecule has 0 fully saturated rings. The fourth-order valence-corrected chi connectivity index (χ4v) is 5.41. The molecule has 4 N–H and O–H groups in total. The van der Waals surface area contributed by atoms with Gasteiger partial charge in [-0.25, -0.2) is 4.98 Å². The van der Waals surface area contributed by atoms with Gasteiger partial charge in [-0.05, 0) is 48.0 Å². The summed E-state index contributed by atoms with van der Waals surface area (Å²) in [4.78, 5) is 18.2. The van der Waals surface area contributed by atoms with E-state index in [0.717, 1.165) is 31.8 Å². The van der Waals surface area contributed by atoms with Crippen LogP contribution in [0.1, 0.15) is 15.2 Å². The van der Waals surface area contributed by atoms with Crippen LogP contribution in [0.3, 0.4) is 0 Å². The monoisotopic (exact) mass is 444 g/mol. The molecule has 152 valence electrons. The molecule has 0 spiro atoms. The number of nitrogens with two attached hydrogens (primary N) is 1. The number of fused-ring (bicyclic) bond motifs is 1. The molecule has 5 nitrogen and oxygen atoms in total. The van der Waals surface area contributed by atoms with Crippen molar-refractivity contribution in [2.75, 3.05) is 5.73 Å². The van der Waals surface area contributed by atoms with E-state index in [2.05, 4.69) is 4.98 Å². The van der Waals surface area contributed by atoms with Gasteiger partial charge in [-0.3, -0.25) is 4.79 Å². The largest absolute Gasteiger partial charge is 0.508 e. The highest BCUT2D eigenvalue weighted by Gasteiger charge is 2.21. The van der Waals surface area contributed by atoms with Crippen LogP contribution in [0.25, 0.3) is 31.8 Å². The van der Waals surface area contributed by atoms with Gasteiger partial charge in [0.25, 0.3) is 0 Å². The number of nitrogens with zero attached hydrogens (tertiary/aromatic N) is 1. The third-order valence-electron chi connectivity index (χ3n) is 4.95. The van der Waals surface area contributed by atoms with Crippen molar-refractivity contribution >= 4 is 44.4 Å². The first kappa shape index (κ1) is 19.3. The quantitative estimate of drug-likeness (QED) is 0.299. The summed E-state index contributed by atoms with van der Waals surface area (Å²) in [5, 5.41) is 23.0. The van der Waals surface area contributed by atoms with Crippen LogP contribution in [0.2, 0.25) is 0 Å². The zero-order chi connectivity index (χ0) is 21.5. The molecule has 2 aromatic heterocycles. The molecule has 5 aromatic rings. The fourth-order valence-electron chi connectivity index (χ4n) is 3.47. The number of hydrogen-bond donors (Lipinski definition) is 3. The Kier molecular flexibility index (Phi) is 4.69. The van der Waals surface area contributed by atoms with Gasteiger partial charge < -0.3 is 15.9 Å². The van der Waals surface area contributed by atoms with Crippen molar-refractivity contribution in [1.29, 1.82) is 0 Å². The Morgan fingerprint density at radius 3 is 2.23 bits per heavy atom. The first-order valence-electron chi connectivity index (χ1n) is 9.40. The minimum Gasteiger partial charge on any atom is -0.508 e. The lowest BCUT2D eigenvalue weighted by Crippen LogP contribution is -2.00. The summed E-state index contributed by atoms with van der Waals surface area (Å²) >= 11 is 2.83. The molecule has 3 aromatic carbocycles. The molecular formula is C24H16N2O3S2. The predicted molar refractivity (Wildman–Crippen MR) is 126 cm³/mol. The first-order chi connectivity index (χ1) is 15.0. The summed E-state index contributed by atoms with van der Waals surface area (Å²) in [5.74, 6) is 0.624. The lowest BCUT2D eigenvalue weighted by atomic mass is 9.97. The number of aromatic nitrogens is 1. The van der Waals surface area contributed by atoms with Crippen molar-refractivity contribution in [2.45, 2.75) is 0 Å². The number of anilines is 1. The molecule has 0 aliphatic heterocycles. The molecule has 0 aliphatic carbocycles. The Bertz CT molecular complexity index is 1420. The number of phenols is 2. The summed E-state index contributed by atoms with van der Waals surface area (Å²) in [6.45, 7) is 0. The topological polar surface area (TPSA) is 96.4 Å². The van der Waals surface area contributed by atoms with Crippen LogP contribution in [0, 0.1) is 0 Å². The summed E-state index contributed by atoms with van der Waals surface area (Å²) < 4.78 is 0.828. The van der Waals surface area contributed by atoms with Crippen LogP contribution in [-0.4, -0.2) is 21.0 Å².